The number of nitrogens with zero attached hydrogens (tertiary/aromatic N) is 1. The summed E-state index contributed by atoms with van der Waals surface area (Å²) >= 11 is 0. The smallest absolute Gasteiger partial charge is 0.335 e. The summed E-state index contributed by atoms with van der Waals surface area (Å²) in [7, 11) is 1.78. The summed E-state index contributed by atoms with van der Waals surface area (Å²) in [5.74, 6) is -0.433. The molecule has 1 amide bonds. The first kappa shape index (κ1) is 14.3. The molecule has 20 heavy (non-hydrogen) atoms. The van der Waals surface area contributed by atoms with Crippen LogP contribution >= 0.6 is 0 Å². The summed E-state index contributed by atoms with van der Waals surface area (Å²) in [5, 5.41) is 8.83. The highest BCUT2D eigenvalue weighted by molar-refractivity contribution is 5.87. The second kappa shape index (κ2) is 6.37. The molecule has 0 bridgehead atoms. The Kier molecular flexibility index (Phi) is 4.56. The van der Waals surface area contributed by atoms with Crippen molar-refractivity contribution < 1.29 is 14.7 Å². The van der Waals surface area contributed by atoms with E-state index in [2.05, 4.69) is 12.2 Å². The van der Waals surface area contributed by atoms with Crippen molar-refractivity contribution in [3.8, 4) is 0 Å². The first-order valence-corrected chi connectivity index (χ1v) is 6.79. The molecule has 2 rings (SSSR count). The van der Waals surface area contributed by atoms with E-state index in [1.165, 1.54) is 0 Å². The SMILES string of the molecule is CN(Cc1ccc(C(=O)O)cc1)C(=O)CC1C=CCC1. The molecule has 0 aromatic heterocycles. The van der Waals surface area contributed by atoms with Gasteiger partial charge in [0, 0.05) is 20.0 Å². The molecule has 1 aliphatic carbocycles. The van der Waals surface area contributed by atoms with Crippen molar-refractivity contribution in [1.29, 1.82) is 0 Å². The summed E-state index contributed by atoms with van der Waals surface area (Å²) in [5.41, 5.74) is 1.20. The lowest BCUT2D eigenvalue weighted by molar-refractivity contribution is -0.131. The molecule has 0 radical (unpaired) electrons. The Balaban J connectivity index is 1.89. The molecule has 1 unspecified atom stereocenters. The third-order valence-corrected chi connectivity index (χ3v) is 3.60. The largest absolute Gasteiger partial charge is 0.478 e. The van der Waals surface area contributed by atoms with Crippen LogP contribution in [0.2, 0.25) is 0 Å². The van der Waals surface area contributed by atoms with Crippen LogP contribution in [0.15, 0.2) is 36.4 Å². The predicted molar refractivity (Wildman–Crippen MR) is 76.4 cm³/mol. The molecule has 106 valence electrons. The van der Waals surface area contributed by atoms with E-state index in [0.29, 0.717) is 18.9 Å². The van der Waals surface area contributed by atoms with Gasteiger partial charge in [0.1, 0.15) is 0 Å². The summed E-state index contributed by atoms with van der Waals surface area (Å²) in [6.07, 6.45) is 6.93. The lowest BCUT2D eigenvalue weighted by Crippen LogP contribution is -2.27. The van der Waals surface area contributed by atoms with E-state index < -0.39 is 5.97 Å². The zero-order chi connectivity index (χ0) is 14.5. The van der Waals surface area contributed by atoms with Gasteiger partial charge < -0.3 is 10.0 Å². The van der Waals surface area contributed by atoms with Gasteiger partial charge in [-0.1, -0.05) is 24.3 Å². The standard InChI is InChI=1S/C16H19NO3/c1-17(15(18)10-12-4-2-3-5-12)11-13-6-8-14(9-7-13)16(19)20/h2,4,6-9,12H,3,5,10-11H2,1H3,(H,19,20). The quantitative estimate of drug-likeness (QED) is 0.839. The van der Waals surface area contributed by atoms with Crippen LogP contribution in [-0.4, -0.2) is 28.9 Å². The zero-order valence-electron chi connectivity index (χ0n) is 11.6. The molecule has 0 saturated heterocycles. The summed E-state index contributed by atoms with van der Waals surface area (Å²) in [4.78, 5) is 24.5. The molecule has 0 fully saturated rings. The molecule has 4 nitrogen and oxygen atoms in total. The third kappa shape index (κ3) is 3.70. The van der Waals surface area contributed by atoms with E-state index in [-0.39, 0.29) is 11.5 Å². The Morgan fingerprint density at radius 2 is 2.00 bits per heavy atom. The summed E-state index contributed by atoms with van der Waals surface area (Å²) < 4.78 is 0. The zero-order valence-corrected chi connectivity index (χ0v) is 11.6. The first-order chi connectivity index (χ1) is 9.56. The van der Waals surface area contributed by atoms with Crippen LogP contribution in [0.5, 0.6) is 0 Å². The van der Waals surface area contributed by atoms with Gasteiger partial charge in [-0.05, 0) is 36.5 Å². The van der Waals surface area contributed by atoms with Crippen molar-refractivity contribution in [1.82, 2.24) is 4.90 Å². The minimum atomic E-state index is -0.936. The van der Waals surface area contributed by atoms with Gasteiger partial charge in [0.05, 0.1) is 5.56 Å². The number of carbonyl (C=O) groups excluding carboxylic acids is 1. The molecule has 0 heterocycles. The van der Waals surface area contributed by atoms with Crippen molar-refractivity contribution in [2.75, 3.05) is 7.05 Å². The van der Waals surface area contributed by atoms with Crippen molar-refractivity contribution in [3.05, 3.63) is 47.5 Å². The number of carboxylic acids is 1. The van der Waals surface area contributed by atoms with Crippen molar-refractivity contribution >= 4 is 11.9 Å². The molecule has 1 aromatic rings. The van der Waals surface area contributed by atoms with Crippen molar-refractivity contribution in [2.24, 2.45) is 5.92 Å². The van der Waals surface area contributed by atoms with Crippen LogP contribution in [0.25, 0.3) is 0 Å². The fourth-order valence-corrected chi connectivity index (χ4v) is 2.36. The van der Waals surface area contributed by atoms with Gasteiger partial charge >= 0.3 is 5.97 Å². The van der Waals surface area contributed by atoms with Gasteiger partial charge in [-0.25, -0.2) is 4.79 Å². The topological polar surface area (TPSA) is 57.6 Å². The predicted octanol–water partition coefficient (Wildman–Crippen LogP) is 2.70. The van der Waals surface area contributed by atoms with E-state index in [1.807, 2.05) is 0 Å². The van der Waals surface area contributed by atoms with Gasteiger partial charge in [-0.2, -0.15) is 0 Å². The Morgan fingerprint density at radius 1 is 1.30 bits per heavy atom. The first-order valence-electron chi connectivity index (χ1n) is 6.79. The Bertz CT molecular complexity index is 519. The van der Waals surface area contributed by atoms with Gasteiger partial charge in [0.25, 0.3) is 0 Å². The van der Waals surface area contributed by atoms with Gasteiger partial charge in [0.2, 0.25) is 5.91 Å². The molecule has 0 saturated carbocycles. The van der Waals surface area contributed by atoms with Gasteiger partial charge in [0.15, 0.2) is 0 Å². The number of benzene rings is 1. The maximum absolute atomic E-state index is 12.1. The van der Waals surface area contributed by atoms with E-state index in [4.69, 9.17) is 5.11 Å². The number of carbonyl (C=O) groups is 2. The van der Waals surface area contributed by atoms with Crippen LogP contribution in [0.3, 0.4) is 0 Å². The third-order valence-electron chi connectivity index (χ3n) is 3.60. The summed E-state index contributed by atoms with van der Waals surface area (Å²) in [6, 6.07) is 6.64. The molecule has 1 N–H and O–H groups in total. The van der Waals surface area contributed by atoms with Crippen molar-refractivity contribution in [3.63, 3.8) is 0 Å². The van der Waals surface area contributed by atoms with Crippen LogP contribution in [0.4, 0.5) is 0 Å². The fourth-order valence-electron chi connectivity index (χ4n) is 2.36. The van der Waals surface area contributed by atoms with Crippen LogP contribution in [-0.2, 0) is 11.3 Å². The number of amides is 1. The van der Waals surface area contributed by atoms with Crippen LogP contribution in [0.1, 0.15) is 35.2 Å². The van der Waals surface area contributed by atoms with Crippen LogP contribution < -0.4 is 0 Å². The molecule has 0 spiro atoms. The molecular weight excluding hydrogens is 254 g/mol. The number of hydrogen-bond acceptors (Lipinski definition) is 2. The van der Waals surface area contributed by atoms with Crippen LogP contribution in [0, 0.1) is 5.92 Å². The average molecular weight is 273 g/mol. The molecule has 4 heteroatoms. The van der Waals surface area contributed by atoms with Gasteiger partial charge in [-0.3, -0.25) is 4.79 Å². The minimum Gasteiger partial charge on any atom is -0.478 e. The van der Waals surface area contributed by atoms with Gasteiger partial charge in [-0.15, -0.1) is 0 Å². The molecule has 0 aliphatic heterocycles. The highest BCUT2D eigenvalue weighted by Crippen LogP contribution is 2.21. The van der Waals surface area contributed by atoms with E-state index in [1.54, 1.807) is 36.2 Å². The number of carboxylic acid groups (broad SMARTS) is 1. The maximum Gasteiger partial charge on any atom is 0.335 e. The number of aromatic carboxylic acids is 1. The highest BCUT2D eigenvalue weighted by Gasteiger charge is 2.17. The second-order valence-corrected chi connectivity index (χ2v) is 5.22. The molecule has 1 aromatic carbocycles. The number of rotatable bonds is 5. The van der Waals surface area contributed by atoms with Crippen molar-refractivity contribution in [2.45, 2.75) is 25.8 Å². The molecule has 1 aliphatic rings. The fraction of sp³-hybridized carbons (Fsp3) is 0.375. The Morgan fingerprint density at radius 3 is 2.55 bits per heavy atom. The van der Waals surface area contributed by atoms with E-state index >= 15 is 0 Å². The molecule has 1 atom stereocenters. The lowest BCUT2D eigenvalue weighted by atomic mass is 10.0. The van der Waals surface area contributed by atoms with E-state index in [0.717, 1.165) is 18.4 Å². The monoisotopic (exact) mass is 273 g/mol. The van der Waals surface area contributed by atoms with E-state index in [9.17, 15) is 9.59 Å². The average Bonchev–Trinajstić information content (AvgIpc) is 2.92. The lowest BCUT2D eigenvalue weighted by Gasteiger charge is -2.19. The number of hydrogen-bond donors (Lipinski definition) is 1. The molecular formula is C16H19NO3. The maximum atomic E-state index is 12.1. The number of allylic oxidation sites excluding steroid dienone is 2. The highest BCUT2D eigenvalue weighted by atomic mass is 16.4. The Labute approximate surface area is 118 Å². The second-order valence-electron chi connectivity index (χ2n) is 5.22. The summed E-state index contributed by atoms with van der Waals surface area (Å²) in [6.45, 7) is 0.509. The normalized spacial score (nSPS) is 17.1. The minimum absolute atomic E-state index is 0.129. The Hall–Kier alpha value is -2.10.